The molecule has 0 aromatic carbocycles. The third kappa shape index (κ3) is 3.70. The first-order valence-corrected chi connectivity index (χ1v) is 4.24. The fourth-order valence-electron chi connectivity index (χ4n) is 0.768. The van der Waals surface area contributed by atoms with Crippen LogP contribution in [-0.2, 0) is 0 Å². The standard InChI is InChI=1S/C8H19NO2/c1-4-6-9-8(10,11)7(3)5-2/h7,9-11H,4-6H2,1-3H3/t7-/m0/s1. The Labute approximate surface area is 68.4 Å². The van der Waals surface area contributed by atoms with Crippen LogP contribution in [0.4, 0.5) is 0 Å². The van der Waals surface area contributed by atoms with Gasteiger partial charge in [0, 0.05) is 5.92 Å². The molecule has 0 spiro atoms. The summed E-state index contributed by atoms with van der Waals surface area (Å²) >= 11 is 0. The van der Waals surface area contributed by atoms with Crippen LogP contribution in [-0.4, -0.2) is 22.7 Å². The lowest BCUT2D eigenvalue weighted by molar-refractivity contribution is -0.219. The largest absolute Gasteiger partial charge is 0.353 e. The second-order valence-electron chi connectivity index (χ2n) is 2.96. The van der Waals surface area contributed by atoms with Gasteiger partial charge in [-0.2, -0.15) is 0 Å². The summed E-state index contributed by atoms with van der Waals surface area (Å²) in [5.74, 6) is -1.82. The van der Waals surface area contributed by atoms with Crippen LogP contribution in [0.2, 0.25) is 0 Å². The highest BCUT2D eigenvalue weighted by Crippen LogP contribution is 2.13. The summed E-state index contributed by atoms with van der Waals surface area (Å²) in [6, 6.07) is 0. The van der Waals surface area contributed by atoms with E-state index in [1.807, 2.05) is 20.8 Å². The van der Waals surface area contributed by atoms with E-state index in [1.54, 1.807) is 0 Å². The van der Waals surface area contributed by atoms with Crippen molar-refractivity contribution in [1.29, 1.82) is 0 Å². The lowest BCUT2D eigenvalue weighted by Crippen LogP contribution is -2.50. The predicted octanol–water partition coefficient (Wildman–Crippen LogP) is 0.670. The summed E-state index contributed by atoms with van der Waals surface area (Å²) in [5.41, 5.74) is 0. The quantitative estimate of drug-likeness (QED) is 0.519. The number of hydrogen-bond donors (Lipinski definition) is 3. The van der Waals surface area contributed by atoms with E-state index in [0.717, 1.165) is 12.8 Å². The maximum Gasteiger partial charge on any atom is 0.225 e. The molecule has 0 aliphatic heterocycles. The fourth-order valence-corrected chi connectivity index (χ4v) is 0.768. The SMILES string of the molecule is CCCNC(O)(O)[C@@H](C)CC. The molecule has 0 aliphatic carbocycles. The highest BCUT2D eigenvalue weighted by molar-refractivity contribution is 4.67. The number of rotatable bonds is 5. The molecular formula is C8H19NO2. The number of hydrogen-bond acceptors (Lipinski definition) is 3. The van der Waals surface area contributed by atoms with E-state index < -0.39 is 5.91 Å². The highest BCUT2D eigenvalue weighted by atomic mass is 16.5. The van der Waals surface area contributed by atoms with E-state index in [1.165, 1.54) is 0 Å². The Morgan fingerprint density at radius 2 is 1.91 bits per heavy atom. The molecule has 0 unspecified atom stereocenters. The molecule has 0 heterocycles. The van der Waals surface area contributed by atoms with Crippen LogP contribution in [0.15, 0.2) is 0 Å². The van der Waals surface area contributed by atoms with Crippen molar-refractivity contribution in [2.45, 2.75) is 39.5 Å². The Balaban J connectivity index is 3.77. The maximum atomic E-state index is 9.36. The molecule has 0 aromatic rings. The van der Waals surface area contributed by atoms with E-state index in [4.69, 9.17) is 0 Å². The summed E-state index contributed by atoms with van der Waals surface area (Å²) in [6.07, 6.45) is 1.66. The van der Waals surface area contributed by atoms with Crippen molar-refractivity contribution in [2.75, 3.05) is 6.54 Å². The van der Waals surface area contributed by atoms with Gasteiger partial charge in [-0.25, -0.2) is 0 Å². The molecule has 0 aromatic heterocycles. The first-order valence-electron chi connectivity index (χ1n) is 4.24. The molecule has 0 amide bonds. The zero-order valence-corrected chi connectivity index (χ0v) is 7.59. The van der Waals surface area contributed by atoms with Crippen LogP contribution in [0.1, 0.15) is 33.6 Å². The maximum absolute atomic E-state index is 9.36. The first-order chi connectivity index (χ1) is 5.04. The van der Waals surface area contributed by atoms with Gasteiger partial charge < -0.3 is 10.2 Å². The average Bonchev–Trinajstić information content (AvgIpc) is 1.99. The molecule has 0 bridgehead atoms. The zero-order valence-electron chi connectivity index (χ0n) is 7.59. The predicted molar refractivity (Wildman–Crippen MR) is 44.9 cm³/mol. The second-order valence-corrected chi connectivity index (χ2v) is 2.96. The van der Waals surface area contributed by atoms with Crippen molar-refractivity contribution in [3.63, 3.8) is 0 Å². The molecule has 3 N–H and O–H groups in total. The molecular weight excluding hydrogens is 142 g/mol. The monoisotopic (exact) mass is 161 g/mol. The van der Waals surface area contributed by atoms with Gasteiger partial charge in [-0.15, -0.1) is 0 Å². The smallest absolute Gasteiger partial charge is 0.225 e. The van der Waals surface area contributed by atoms with E-state index in [9.17, 15) is 10.2 Å². The Morgan fingerprint density at radius 3 is 2.27 bits per heavy atom. The van der Waals surface area contributed by atoms with E-state index in [2.05, 4.69) is 5.32 Å². The Morgan fingerprint density at radius 1 is 1.36 bits per heavy atom. The lowest BCUT2D eigenvalue weighted by atomic mass is 10.1. The normalized spacial score (nSPS) is 15.0. The lowest BCUT2D eigenvalue weighted by Gasteiger charge is -2.28. The number of nitrogens with one attached hydrogen (secondary N) is 1. The molecule has 0 saturated carbocycles. The Bertz CT molecular complexity index is 104. The van der Waals surface area contributed by atoms with Crippen LogP contribution >= 0.6 is 0 Å². The minimum Gasteiger partial charge on any atom is -0.353 e. The van der Waals surface area contributed by atoms with E-state index in [-0.39, 0.29) is 5.92 Å². The molecule has 0 rings (SSSR count). The van der Waals surface area contributed by atoms with E-state index in [0.29, 0.717) is 6.54 Å². The van der Waals surface area contributed by atoms with Gasteiger partial charge in [-0.3, -0.25) is 5.32 Å². The third-order valence-electron chi connectivity index (χ3n) is 1.93. The van der Waals surface area contributed by atoms with Gasteiger partial charge in [0.15, 0.2) is 0 Å². The summed E-state index contributed by atoms with van der Waals surface area (Å²) in [6.45, 7) is 6.36. The van der Waals surface area contributed by atoms with Crippen LogP contribution in [0.25, 0.3) is 0 Å². The minimum absolute atomic E-state index is 0.131. The van der Waals surface area contributed by atoms with Crippen molar-refractivity contribution >= 4 is 0 Å². The Hall–Kier alpha value is -0.120. The fraction of sp³-hybridized carbons (Fsp3) is 1.00. The average molecular weight is 161 g/mol. The van der Waals surface area contributed by atoms with Crippen LogP contribution in [0.5, 0.6) is 0 Å². The molecule has 0 aliphatic rings. The molecule has 3 nitrogen and oxygen atoms in total. The van der Waals surface area contributed by atoms with Crippen molar-refractivity contribution < 1.29 is 10.2 Å². The minimum atomic E-state index is -1.69. The van der Waals surface area contributed by atoms with Gasteiger partial charge in [0.05, 0.1) is 0 Å². The summed E-state index contributed by atoms with van der Waals surface area (Å²) in [7, 11) is 0. The van der Waals surface area contributed by atoms with E-state index >= 15 is 0 Å². The third-order valence-corrected chi connectivity index (χ3v) is 1.93. The van der Waals surface area contributed by atoms with Gasteiger partial charge in [-0.1, -0.05) is 20.8 Å². The van der Waals surface area contributed by atoms with Crippen molar-refractivity contribution in [1.82, 2.24) is 5.32 Å². The first kappa shape index (κ1) is 10.9. The zero-order chi connectivity index (χ0) is 8.91. The highest BCUT2D eigenvalue weighted by Gasteiger charge is 2.28. The molecule has 0 radical (unpaired) electrons. The van der Waals surface area contributed by atoms with Crippen LogP contribution < -0.4 is 5.32 Å². The molecule has 0 saturated heterocycles. The molecule has 1 atom stereocenters. The second kappa shape index (κ2) is 4.70. The molecule has 11 heavy (non-hydrogen) atoms. The topological polar surface area (TPSA) is 52.5 Å². The van der Waals surface area contributed by atoms with Crippen molar-refractivity contribution in [3.8, 4) is 0 Å². The van der Waals surface area contributed by atoms with Gasteiger partial charge in [0.2, 0.25) is 5.91 Å². The summed E-state index contributed by atoms with van der Waals surface area (Å²) in [4.78, 5) is 0. The number of aliphatic hydroxyl groups is 2. The van der Waals surface area contributed by atoms with Gasteiger partial charge >= 0.3 is 0 Å². The van der Waals surface area contributed by atoms with Crippen LogP contribution in [0, 0.1) is 5.92 Å². The molecule has 68 valence electrons. The van der Waals surface area contributed by atoms with Gasteiger partial charge in [-0.05, 0) is 19.4 Å². The van der Waals surface area contributed by atoms with Gasteiger partial charge in [0.1, 0.15) is 0 Å². The molecule has 3 heteroatoms. The van der Waals surface area contributed by atoms with Crippen LogP contribution in [0.3, 0.4) is 0 Å². The summed E-state index contributed by atoms with van der Waals surface area (Å²) in [5, 5.41) is 21.4. The van der Waals surface area contributed by atoms with Crippen molar-refractivity contribution in [3.05, 3.63) is 0 Å². The molecule has 0 fully saturated rings. The van der Waals surface area contributed by atoms with Crippen molar-refractivity contribution in [2.24, 2.45) is 5.92 Å². The summed E-state index contributed by atoms with van der Waals surface area (Å²) < 4.78 is 0. The van der Waals surface area contributed by atoms with Gasteiger partial charge in [0.25, 0.3) is 0 Å². The Kier molecular flexibility index (Phi) is 4.65.